The van der Waals surface area contributed by atoms with Crippen LogP contribution in [0.5, 0.6) is 5.88 Å². The molecule has 78 valence electrons. The lowest BCUT2D eigenvalue weighted by Gasteiger charge is -2.06. The molecule has 1 aromatic rings. The van der Waals surface area contributed by atoms with E-state index < -0.39 is 5.82 Å². The van der Waals surface area contributed by atoms with Crippen LogP contribution in [0.1, 0.15) is 0 Å². The van der Waals surface area contributed by atoms with Gasteiger partial charge >= 0.3 is 0 Å². The third-order valence-electron chi connectivity index (χ3n) is 1.46. The molecule has 6 heteroatoms. The van der Waals surface area contributed by atoms with Crippen LogP contribution in [0.2, 0.25) is 0 Å². The Hall–Kier alpha value is -1.43. The molecular formula is C8H12FN3O2. The second kappa shape index (κ2) is 5.33. The van der Waals surface area contributed by atoms with E-state index in [1.54, 1.807) is 14.2 Å². The number of aromatic nitrogens is 2. The van der Waals surface area contributed by atoms with Gasteiger partial charge in [0.25, 0.3) is 5.88 Å². The van der Waals surface area contributed by atoms with Crippen molar-refractivity contribution < 1.29 is 13.9 Å². The van der Waals surface area contributed by atoms with E-state index in [0.29, 0.717) is 12.6 Å². The number of nitrogens with one attached hydrogen (secondary N) is 1. The maximum atomic E-state index is 13.0. The van der Waals surface area contributed by atoms with Gasteiger partial charge in [0.05, 0.1) is 12.8 Å². The molecule has 0 fully saturated rings. The van der Waals surface area contributed by atoms with Crippen LogP contribution in [-0.4, -0.2) is 37.3 Å². The largest absolute Gasteiger partial charge is 0.473 e. The van der Waals surface area contributed by atoms with Crippen molar-refractivity contribution in [3.8, 4) is 5.88 Å². The summed E-state index contributed by atoms with van der Waals surface area (Å²) in [5.41, 5.74) is 0. The van der Waals surface area contributed by atoms with Gasteiger partial charge in [0.15, 0.2) is 0 Å². The summed E-state index contributed by atoms with van der Waals surface area (Å²) < 4.78 is 22.8. The van der Waals surface area contributed by atoms with Crippen LogP contribution in [0.25, 0.3) is 0 Å². The SMILES string of the molecule is CNc1ncc(F)c(OCCOC)n1. The Balaban J connectivity index is 2.64. The monoisotopic (exact) mass is 201 g/mol. The predicted octanol–water partition coefficient (Wildman–Crippen LogP) is 0.683. The fraction of sp³-hybridized carbons (Fsp3) is 0.500. The Morgan fingerprint density at radius 1 is 1.50 bits per heavy atom. The highest BCUT2D eigenvalue weighted by atomic mass is 19.1. The zero-order valence-electron chi connectivity index (χ0n) is 8.08. The summed E-state index contributed by atoms with van der Waals surface area (Å²) in [6.45, 7) is 0.645. The molecule has 1 aromatic heterocycles. The Labute approximate surface area is 81.3 Å². The minimum Gasteiger partial charge on any atom is -0.473 e. The van der Waals surface area contributed by atoms with Crippen molar-refractivity contribution >= 4 is 5.95 Å². The Morgan fingerprint density at radius 2 is 2.29 bits per heavy atom. The molecule has 0 saturated heterocycles. The predicted molar refractivity (Wildman–Crippen MR) is 48.9 cm³/mol. The molecule has 0 bridgehead atoms. The molecule has 0 atom stereocenters. The minimum absolute atomic E-state index is 0.0681. The van der Waals surface area contributed by atoms with E-state index in [9.17, 15) is 4.39 Å². The number of halogens is 1. The average molecular weight is 201 g/mol. The van der Waals surface area contributed by atoms with Crippen LogP contribution < -0.4 is 10.1 Å². The van der Waals surface area contributed by atoms with Gasteiger partial charge in [-0.3, -0.25) is 0 Å². The molecule has 0 aliphatic heterocycles. The molecule has 0 spiro atoms. The van der Waals surface area contributed by atoms with E-state index >= 15 is 0 Å². The van der Waals surface area contributed by atoms with Crippen molar-refractivity contribution in [3.05, 3.63) is 12.0 Å². The first kappa shape index (κ1) is 10.6. The van der Waals surface area contributed by atoms with Crippen LogP contribution in [0, 0.1) is 5.82 Å². The average Bonchev–Trinajstić information content (AvgIpc) is 2.21. The number of hydrogen-bond acceptors (Lipinski definition) is 5. The number of rotatable bonds is 5. The van der Waals surface area contributed by atoms with Crippen molar-refractivity contribution in [2.75, 3.05) is 32.7 Å². The Bertz CT molecular complexity index is 296. The number of anilines is 1. The molecule has 0 aliphatic carbocycles. The first-order valence-corrected chi connectivity index (χ1v) is 4.10. The summed E-state index contributed by atoms with van der Waals surface area (Å²) in [7, 11) is 3.19. The summed E-state index contributed by atoms with van der Waals surface area (Å²) in [4.78, 5) is 7.46. The second-order valence-corrected chi connectivity index (χ2v) is 2.44. The van der Waals surface area contributed by atoms with Crippen LogP contribution in [0.4, 0.5) is 10.3 Å². The molecule has 0 saturated carbocycles. The summed E-state index contributed by atoms with van der Waals surface area (Å²) >= 11 is 0. The fourth-order valence-electron chi connectivity index (χ4n) is 0.795. The topological polar surface area (TPSA) is 56.3 Å². The number of nitrogens with zero attached hydrogens (tertiary/aromatic N) is 2. The van der Waals surface area contributed by atoms with Crippen molar-refractivity contribution in [2.45, 2.75) is 0 Å². The summed E-state index contributed by atoms with van der Waals surface area (Å²) in [6, 6.07) is 0. The first-order valence-electron chi connectivity index (χ1n) is 4.10. The smallest absolute Gasteiger partial charge is 0.255 e. The standard InChI is InChI=1S/C8H12FN3O2/c1-10-8-11-5-6(9)7(12-8)14-4-3-13-2/h5H,3-4H2,1-2H3,(H,10,11,12). The van der Waals surface area contributed by atoms with Crippen LogP contribution in [-0.2, 0) is 4.74 Å². The molecule has 0 radical (unpaired) electrons. The molecule has 1 heterocycles. The maximum Gasteiger partial charge on any atom is 0.255 e. The second-order valence-electron chi connectivity index (χ2n) is 2.44. The highest BCUT2D eigenvalue weighted by Crippen LogP contribution is 2.13. The number of ether oxygens (including phenoxy) is 2. The van der Waals surface area contributed by atoms with Gasteiger partial charge < -0.3 is 14.8 Å². The van der Waals surface area contributed by atoms with Gasteiger partial charge in [0, 0.05) is 14.2 Å². The van der Waals surface area contributed by atoms with E-state index in [1.807, 2.05) is 0 Å². The molecule has 0 aliphatic rings. The van der Waals surface area contributed by atoms with Crippen molar-refractivity contribution in [1.29, 1.82) is 0 Å². The van der Waals surface area contributed by atoms with Crippen LogP contribution in [0.3, 0.4) is 0 Å². The van der Waals surface area contributed by atoms with E-state index in [1.165, 1.54) is 0 Å². The molecule has 0 aromatic carbocycles. The third-order valence-corrected chi connectivity index (χ3v) is 1.46. The third kappa shape index (κ3) is 2.81. The number of hydrogen-bond donors (Lipinski definition) is 1. The van der Waals surface area contributed by atoms with Gasteiger partial charge in [-0.05, 0) is 0 Å². The molecule has 5 nitrogen and oxygen atoms in total. The van der Waals surface area contributed by atoms with Crippen LogP contribution in [0.15, 0.2) is 6.20 Å². The molecule has 0 amide bonds. The zero-order chi connectivity index (χ0) is 10.4. The highest BCUT2D eigenvalue weighted by Gasteiger charge is 2.06. The summed E-state index contributed by atoms with van der Waals surface area (Å²) in [6.07, 6.45) is 1.06. The fourth-order valence-corrected chi connectivity index (χ4v) is 0.795. The molecule has 1 N–H and O–H groups in total. The molecule has 14 heavy (non-hydrogen) atoms. The normalized spacial score (nSPS) is 9.93. The zero-order valence-corrected chi connectivity index (χ0v) is 8.08. The number of methoxy groups -OCH3 is 1. The van der Waals surface area contributed by atoms with Crippen molar-refractivity contribution in [2.24, 2.45) is 0 Å². The quantitative estimate of drug-likeness (QED) is 0.710. The van der Waals surface area contributed by atoms with E-state index in [2.05, 4.69) is 15.3 Å². The minimum atomic E-state index is -0.583. The van der Waals surface area contributed by atoms with Gasteiger partial charge in [0.1, 0.15) is 6.61 Å². The molecule has 0 unspecified atom stereocenters. The lowest BCUT2D eigenvalue weighted by atomic mass is 10.6. The van der Waals surface area contributed by atoms with E-state index in [0.717, 1.165) is 6.20 Å². The van der Waals surface area contributed by atoms with E-state index in [-0.39, 0.29) is 12.5 Å². The lowest BCUT2D eigenvalue weighted by molar-refractivity contribution is 0.141. The maximum absolute atomic E-state index is 13.0. The van der Waals surface area contributed by atoms with Gasteiger partial charge in [-0.1, -0.05) is 0 Å². The molecular weight excluding hydrogens is 189 g/mol. The van der Waals surface area contributed by atoms with Gasteiger partial charge in [0.2, 0.25) is 11.8 Å². The Kier molecular flexibility index (Phi) is 4.06. The van der Waals surface area contributed by atoms with Crippen molar-refractivity contribution in [1.82, 2.24) is 9.97 Å². The van der Waals surface area contributed by atoms with Crippen LogP contribution >= 0.6 is 0 Å². The Morgan fingerprint density at radius 3 is 2.93 bits per heavy atom. The van der Waals surface area contributed by atoms with E-state index in [4.69, 9.17) is 9.47 Å². The summed E-state index contributed by atoms with van der Waals surface area (Å²) in [5, 5.41) is 2.68. The van der Waals surface area contributed by atoms with Gasteiger partial charge in [-0.15, -0.1) is 0 Å². The molecule has 1 rings (SSSR count). The van der Waals surface area contributed by atoms with Crippen molar-refractivity contribution in [3.63, 3.8) is 0 Å². The lowest BCUT2D eigenvalue weighted by Crippen LogP contribution is -2.08. The first-order chi connectivity index (χ1) is 6.77. The van der Waals surface area contributed by atoms with Gasteiger partial charge in [-0.2, -0.15) is 9.37 Å². The van der Waals surface area contributed by atoms with Gasteiger partial charge in [-0.25, -0.2) is 4.98 Å². The summed E-state index contributed by atoms with van der Waals surface area (Å²) in [5.74, 6) is -0.333. The highest BCUT2D eigenvalue weighted by molar-refractivity contribution is 5.27.